The van der Waals surface area contributed by atoms with E-state index in [1.54, 1.807) is 6.07 Å². The highest BCUT2D eigenvalue weighted by atomic mass is 16.6. The summed E-state index contributed by atoms with van der Waals surface area (Å²) in [7, 11) is 1.48. The average molecular weight is 273 g/mol. The highest BCUT2D eigenvalue weighted by molar-refractivity contribution is 5.44. The quantitative estimate of drug-likeness (QED) is 0.625. The van der Waals surface area contributed by atoms with Gasteiger partial charge in [0.05, 0.1) is 18.1 Å². The maximum atomic E-state index is 10.8. The molecule has 0 fully saturated rings. The van der Waals surface area contributed by atoms with E-state index in [0.29, 0.717) is 12.3 Å². The molecular weight excluding hydrogens is 258 g/mol. The molecule has 0 heterocycles. The van der Waals surface area contributed by atoms with Gasteiger partial charge in [-0.25, -0.2) is 5.43 Å². The van der Waals surface area contributed by atoms with Gasteiger partial charge in [0.15, 0.2) is 0 Å². The van der Waals surface area contributed by atoms with Gasteiger partial charge in [-0.1, -0.05) is 18.2 Å². The number of methoxy groups -OCH3 is 1. The molecule has 2 N–H and O–H groups in total. The molecule has 0 aromatic heterocycles. The van der Waals surface area contributed by atoms with E-state index in [4.69, 9.17) is 4.74 Å². The summed E-state index contributed by atoms with van der Waals surface area (Å²) >= 11 is 0. The Labute approximate surface area is 116 Å². The summed E-state index contributed by atoms with van der Waals surface area (Å²) in [4.78, 5) is 10.4. The Kier molecular flexibility index (Phi) is 4.52. The molecule has 0 radical (unpaired) electrons. The lowest BCUT2D eigenvalue weighted by molar-refractivity contribution is -0.385. The Morgan fingerprint density at radius 1 is 1.20 bits per heavy atom. The van der Waals surface area contributed by atoms with Crippen LogP contribution in [0.15, 0.2) is 48.5 Å². The van der Waals surface area contributed by atoms with Gasteiger partial charge in [0.1, 0.15) is 5.75 Å². The van der Waals surface area contributed by atoms with E-state index in [1.165, 1.54) is 19.2 Å². The number of ether oxygens (including phenoxy) is 1. The first-order chi connectivity index (χ1) is 9.69. The normalized spacial score (nSPS) is 10.1. The zero-order chi connectivity index (χ0) is 14.4. The lowest BCUT2D eigenvalue weighted by atomic mass is 10.2. The lowest BCUT2D eigenvalue weighted by Gasteiger charge is -2.09. The summed E-state index contributed by atoms with van der Waals surface area (Å²) in [6, 6.07) is 14.3. The second-order valence-corrected chi connectivity index (χ2v) is 4.14. The van der Waals surface area contributed by atoms with Crippen molar-refractivity contribution in [3.05, 3.63) is 64.2 Å². The predicted molar refractivity (Wildman–Crippen MR) is 76.6 cm³/mol. The van der Waals surface area contributed by atoms with E-state index < -0.39 is 4.92 Å². The van der Waals surface area contributed by atoms with Crippen LogP contribution < -0.4 is 15.6 Å². The fraction of sp³-hybridized carbons (Fsp3) is 0.143. The molecule has 6 nitrogen and oxygen atoms in total. The Morgan fingerprint density at radius 2 is 1.95 bits per heavy atom. The first-order valence-electron chi connectivity index (χ1n) is 6.05. The second kappa shape index (κ2) is 6.53. The maximum absolute atomic E-state index is 10.8. The number of nitrogens with one attached hydrogen (secondary N) is 2. The van der Waals surface area contributed by atoms with Crippen LogP contribution in [0.2, 0.25) is 0 Å². The highest BCUT2D eigenvalue weighted by Gasteiger charge is 2.09. The number of hydrazine groups is 1. The molecule has 104 valence electrons. The molecule has 0 atom stereocenters. The number of benzene rings is 2. The van der Waals surface area contributed by atoms with Crippen molar-refractivity contribution in [2.45, 2.75) is 6.54 Å². The van der Waals surface area contributed by atoms with Crippen LogP contribution in [0.3, 0.4) is 0 Å². The van der Waals surface area contributed by atoms with Gasteiger partial charge in [0.25, 0.3) is 5.69 Å². The maximum Gasteiger partial charge on any atom is 0.273 e. The van der Waals surface area contributed by atoms with Gasteiger partial charge in [-0.3, -0.25) is 10.1 Å². The monoisotopic (exact) mass is 273 g/mol. The number of rotatable bonds is 6. The molecule has 0 amide bonds. The van der Waals surface area contributed by atoms with E-state index in [0.717, 1.165) is 11.3 Å². The number of anilines is 1. The third-order valence-corrected chi connectivity index (χ3v) is 2.70. The van der Waals surface area contributed by atoms with Gasteiger partial charge in [0.2, 0.25) is 0 Å². The molecular formula is C14H15N3O3. The van der Waals surface area contributed by atoms with Crippen LogP contribution in [0, 0.1) is 10.1 Å². The van der Waals surface area contributed by atoms with Crippen molar-refractivity contribution >= 4 is 11.4 Å². The zero-order valence-corrected chi connectivity index (χ0v) is 11.0. The average Bonchev–Trinajstić information content (AvgIpc) is 2.48. The summed E-state index contributed by atoms with van der Waals surface area (Å²) in [6.45, 7) is 0.437. The molecule has 20 heavy (non-hydrogen) atoms. The van der Waals surface area contributed by atoms with Crippen molar-refractivity contribution in [1.29, 1.82) is 0 Å². The van der Waals surface area contributed by atoms with E-state index >= 15 is 0 Å². The summed E-state index contributed by atoms with van der Waals surface area (Å²) in [5.41, 5.74) is 7.73. The SMILES string of the molecule is COc1cc(CNNc2ccccc2)cc([N+](=O)[O-])c1. The van der Waals surface area contributed by atoms with Crippen LogP contribution >= 0.6 is 0 Å². The van der Waals surface area contributed by atoms with E-state index in [9.17, 15) is 10.1 Å². The minimum Gasteiger partial charge on any atom is -0.496 e. The predicted octanol–water partition coefficient (Wildman–Crippen LogP) is 2.72. The van der Waals surface area contributed by atoms with Crippen molar-refractivity contribution in [2.24, 2.45) is 0 Å². The topological polar surface area (TPSA) is 76.4 Å². The van der Waals surface area contributed by atoms with Gasteiger partial charge >= 0.3 is 0 Å². The number of para-hydroxylation sites is 1. The molecule has 6 heteroatoms. The van der Waals surface area contributed by atoms with Gasteiger partial charge in [-0.15, -0.1) is 0 Å². The van der Waals surface area contributed by atoms with Crippen molar-refractivity contribution in [3.8, 4) is 5.75 Å². The highest BCUT2D eigenvalue weighted by Crippen LogP contribution is 2.22. The summed E-state index contributed by atoms with van der Waals surface area (Å²) in [6.07, 6.45) is 0. The van der Waals surface area contributed by atoms with Gasteiger partial charge in [0, 0.05) is 18.3 Å². The first-order valence-corrected chi connectivity index (χ1v) is 6.05. The standard InChI is InChI=1S/C14H15N3O3/c1-20-14-8-11(7-13(9-14)17(18)19)10-15-16-12-5-3-2-4-6-12/h2-9,15-16H,10H2,1H3. The smallest absolute Gasteiger partial charge is 0.273 e. The Bertz CT molecular complexity index is 587. The number of nitrogens with zero attached hydrogens (tertiary/aromatic N) is 1. The molecule has 0 saturated heterocycles. The molecule has 0 aliphatic rings. The second-order valence-electron chi connectivity index (χ2n) is 4.14. The van der Waals surface area contributed by atoms with Crippen LogP contribution in [-0.2, 0) is 6.54 Å². The van der Waals surface area contributed by atoms with E-state index in [1.807, 2.05) is 30.3 Å². The molecule has 0 saturated carbocycles. The van der Waals surface area contributed by atoms with Crippen molar-refractivity contribution < 1.29 is 9.66 Å². The lowest BCUT2D eigenvalue weighted by Crippen LogP contribution is -2.20. The molecule has 2 rings (SSSR count). The van der Waals surface area contributed by atoms with E-state index in [2.05, 4.69) is 10.9 Å². The van der Waals surface area contributed by atoms with Crippen LogP contribution in [0.25, 0.3) is 0 Å². The summed E-state index contributed by atoms with van der Waals surface area (Å²) in [5, 5.41) is 10.8. The first kappa shape index (κ1) is 13.8. The largest absolute Gasteiger partial charge is 0.496 e. The van der Waals surface area contributed by atoms with Gasteiger partial charge in [-0.05, 0) is 23.8 Å². The van der Waals surface area contributed by atoms with E-state index in [-0.39, 0.29) is 5.69 Å². The molecule has 0 aliphatic heterocycles. The third-order valence-electron chi connectivity index (χ3n) is 2.70. The number of hydrogen-bond donors (Lipinski definition) is 2. The van der Waals surface area contributed by atoms with Crippen molar-refractivity contribution in [3.63, 3.8) is 0 Å². The number of non-ortho nitro benzene ring substituents is 1. The molecule has 0 spiro atoms. The van der Waals surface area contributed by atoms with Crippen LogP contribution in [0.1, 0.15) is 5.56 Å². The minimum absolute atomic E-state index is 0.0147. The Balaban J connectivity index is 2.02. The van der Waals surface area contributed by atoms with Crippen LogP contribution in [0.4, 0.5) is 11.4 Å². The van der Waals surface area contributed by atoms with Gasteiger partial charge in [-0.2, -0.15) is 0 Å². The zero-order valence-electron chi connectivity index (χ0n) is 11.0. The molecule has 2 aromatic rings. The van der Waals surface area contributed by atoms with Crippen molar-refractivity contribution in [1.82, 2.24) is 5.43 Å². The van der Waals surface area contributed by atoms with Crippen LogP contribution in [-0.4, -0.2) is 12.0 Å². The van der Waals surface area contributed by atoms with Gasteiger partial charge < -0.3 is 10.2 Å². The third kappa shape index (κ3) is 3.69. The minimum atomic E-state index is -0.434. The Morgan fingerprint density at radius 3 is 2.60 bits per heavy atom. The molecule has 2 aromatic carbocycles. The Hall–Kier alpha value is -2.60. The fourth-order valence-corrected chi connectivity index (χ4v) is 1.74. The summed E-state index contributed by atoms with van der Waals surface area (Å²) < 4.78 is 5.06. The molecule has 0 bridgehead atoms. The summed E-state index contributed by atoms with van der Waals surface area (Å²) in [5.74, 6) is 0.468. The van der Waals surface area contributed by atoms with Crippen molar-refractivity contribution in [2.75, 3.05) is 12.5 Å². The number of nitro groups is 1. The fourth-order valence-electron chi connectivity index (χ4n) is 1.74. The molecule has 0 unspecified atom stereocenters. The number of hydrogen-bond acceptors (Lipinski definition) is 5. The number of nitro benzene ring substituents is 1. The van der Waals surface area contributed by atoms with Crippen LogP contribution in [0.5, 0.6) is 5.75 Å². The molecule has 0 aliphatic carbocycles.